The van der Waals surface area contributed by atoms with Crippen LogP contribution in [0, 0.1) is 0 Å². The number of aromatic amines is 1. The number of methoxy groups -OCH3 is 1. The minimum Gasteiger partial charge on any atom is -0.383 e. The van der Waals surface area contributed by atoms with Gasteiger partial charge in [-0.2, -0.15) is 0 Å². The first-order valence-electron chi connectivity index (χ1n) is 9.96. The van der Waals surface area contributed by atoms with Crippen molar-refractivity contribution in [3.63, 3.8) is 0 Å². The molecule has 150 valence electrons. The number of piperidine rings is 1. The number of hydrogen-bond acceptors (Lipinski definition) is 6. The topological polar surface area (TPSA) is 83.9 Å². The summed E-state index contributed by atoms with van der Waals surface area (Å²) in [5, 5.41) is 17.7. The third-order valence-corrected chi connectivity index (χ3v) is 5.84. The minimum atomic E-state index is -0.199. The van der Waals surface area contributed by atoms with Gasteiger partial charge in [-0.05, 0) is 48.4 Å². The molecule has 2 N–H and O–H groups in total. The van der Waals surface area contributed by atoms with Crippen molar-refractivity contribution < 1.29 is 4.74 Å². The molecule has 28 heavy (non-hydrogen) atoms. The maximum atomic E-state index is 5.23. The summed E-state index contributed by atoms with van der Waals surface area (Å²) < 4.78 is 7.13. The second-order valence-electron chi connectivity index (χ2n) is 7.64. The number of likely N-dealkylation sites (tertiary alicyclic amines) is 1. The molecule has 0 aliphatic carbocycles. The Morgan fingerprint density at radius 1 is 1.25 bits per heavy atom. The molecule has 8 nitrogen and oxygen atoms in total. The van der Waals surface area contributed by atoms with Crippen molar-refractivity contribution in [1.82, 2.24) is 35.4 Å². The van der Waals surface area contributed by atoms with Crippen molar-refractivity contribution in [1.29, 1.82) is 0 Å². The van der Waals surface area contributed by atoms with Crippen molar-refractivity contribution in [3.8, 4) is 0 Å². The number of hydrogen-bond donors (Lipinski definition) is 2. The zero-order valence-electron chi connectivity index (χ0n) is 16.7. The molecular weight excluding hydrogens is 354 g/mol. The smallest absolute Gasteiger partial charge is 0.171 e. The van der Waals surface area contributed by atoms with Crippen LogP contribution in [0.2, 0.25) is 0 Å². The molecule has 3 aromatic rings. The maximum Gasteiger partial charge on any atom is 0.171 e. The van der Waals surface area contributed by atoms with E-state index in [-0.39, 0.29) is 5.54 Å². The van der Waals surface area contributed by atoms with Crippen molar-refractivity contribution in [2.75, 3.05) is 40.4 Å². The number of H-pyrrole nitrogens is 1. The Hall–Kier alpha value is -2.29. The largest absolute Gasteiger partial charge is 0.383 e. The van der Waals surface area contributed by atoms with E-state index in [1.165, 1.54) is 16.5 Å². The first-order chi connectivity index (χ1) is 13.7. The van der Waals surface area contributed by atoms with E-state index in [0.29, 0.717) is 13.2 Å². The average Bonchev–Trinajstić information content (AvgIpc) is 3.36. The van der Waals surface area contributed by atoms with E-state index in [0.717, 1.165) is 44.7 Å². The minimum absolute atomic E-state index is 0.199. The Labute approximate surface area is 165 Å². The number of nitrogens with zero attached hydrogens (tertiary/aromatic N) is 5. The second-order valence-corrected chi connectivity index (χ2v) is 7.64. The molecule has 0 radical (unpaired) electrons. The Balaban J connectivity index is 1.51. The van der Waals surface area contributed by atoms with Crippen molar-refractivity contribution in [2.24, 2.45) is 0 Å². The normalized spacial score (nSPS) is 17.4. The molecule has 0 bridgehead atoms. The molecular formula is C20H29N7O. The lowest BCUT2D eigenvalue weighted by atomic mass is 9.86. The van der Waals surface area contributed by atoms with Crippen molar-refractivity contribution in [3.05, 3.63) is 41.9 Å². The van der Waals surface area contributed by atoms with Crippen LogP contribution in [0.3, 0.4) is 0 Å². The molecule has 1 aliphatic rings. The van der Waals surface area contributed by atoms with Gasteiger partial charge in [0, 0.05) is 43.8 Å². The van der Waals surface area contributed by atoms with Gasteiger partial charge in [-0.25, -0.2) is 4.68 Å². The van der Waals surface area contributed by atoms with Crippen molar-refractivity contribution in [2.45, 2.75) is 31.3 Å². The number of fused-ring (bicyclic) bond motifs is 1. The Morgan fingerprint density at radius 3 is 2.89 bits per heavy atom. The molecule has 0 amide bonds. The van der Waals surface area contributed by atoms with Gasteiger partial charge in [-0.1, -0.05) is 18.2 Å². The highest BCUT2D eigenvalue weighted by Crippen LogP contribution is 2.31. The third-order valence-electron chi connectivity index (χ3n) is 5.84. The number of tetrazole rings is 1. The lowest BCUT2D eigenvalue weighted by molar-refractivity contribution is 0.137. The van der Waals surface area contributed by atoms with E-state index in [2.05, 4.69) is 68.2 Å². The van der Waals surface area contributed by atoms with E-state index in [9.17, 15) is 0 Å². The Bertz CT molecular complexity index is 895. The van der Waals surface area contributed by atoms with Gasteiger partial charge in [0.2, 0.25) is 0 Å². The predicted molar refractivity (Wildman–Crippen MR) is 108 cm³/mol. The molecule has 0 saturated carbocycles. The fraction of sp³-hybridized carbons (Fsp3) is 0.550. The number of para-hydroxylation sites is 1. The predicted octanol–water partition coefficient (Wildman–Crippen LogP) is 1.55. The van der Waals surface area contributed by atoms with Gasteiger partial charge in [-0.15, -0.1) is 5.10 Å². The highest BCUT2D eigenvalue weighted by atomic mass is 16.5. The fourth-order valence-corrected chi connectivity index (χ4v) is 4.13. The van der Waals surface area contributed by atoms with Gasteiger partial charge in [0.05, 0.1) is 18.7 Å². The zero-order chi connectivity index (χ0) is 19.4. The van der Waals surface area contributed by atoms with E-state index >= 15 is 0 Å². The Kier molecular flexibility index (Phi) is 5.70. The molecule has 3 heterocycles. The van der Waals surface area contributed by atoms with Gasteiger partial charge in [0.15, 0.2) is 5.82 Å². The molecule has 1 fully saturated rings. The summed E-state index contributed by atoms with van der Waals surface area (Å²) in [6.07, 6.45) is 5.06. The lowest BCUT2D eigenvalue weighted by Crippen LogP contribution is -2.52. The van der Waals surface area contributed by atoms with E-state index < -0.39 is 0 Å². The summed E-state index contributed by atoms with van der Waals surface area (Å²) >= 11 is 0. The van der Waals surface area contributed by atoms with Crippen LogP contribution in [0.1, 0.15) is 24.2 Å². The summed E-state index contributed by atoms with van der Waals surface area (Å²) in [5.74, 6) is 0.927. The molecule has 1 aliphatic heterocycles. The zero-order valence-corrected chi connectivity index (χ0v) is 16.7. The van der Waals surface area contributed by atoms with Crippen LogP contribution in [0.5, 0.6) is 0 Å². The number of rotatable bonds is 8. The second kappa shape index (κ2) is 8.38. The first kappa shape index (κ1) is 19.0. The molecule has 2 aromatic heterocycles. The van der Waals surface area contributed by atoms with Crippen LogP contribution in [0.4, 0.5) is 0 Å². The number of aromatic nitrogens is 5. The molecule has 0 unspecified atom stereocenters. The Morgan fingerprint density at radius 2 is 2.07 bits per heavy atom. The SMILES string of the molecule is COCCn1nnnc1C1(NCCc2c[nH]c3ccccc23)CCN(C)CC1. The number of nitrogens with one attached hydrogen (secondary N) is 2. The highest BCUT2D eigenvalue weighted by molar-refractivity contribution is 5.83. The van der Waals surface area contributed by atoms with E-state index in [1.54, 1.807) is 7.11 Å². The monoisotopic (exact) mass is 383 g/mol. The third kappa shape index (κ3) is 3.80. The van der Waals surface area contributed by atoms with E-state index in [4.69, 9.17) is 4.74 Å². The van der Waals surface area contributed by atoms with Gasteiger partial charge >= 0.3 is 0 Å². The van der Waals surface area contributed by atoms with Crippen LogP contribution in [0.25, 0.3) is 10.9 Å². The number of ether oxygens (including phenoxy) is 1. The summed E-state index contributed by atoms with van der Waals surface area (Å²) in [5.41, 5.74) is 2.33. The van der Waals surface area contributed by atoms with Crippen LogP contribution < -0.4 is 5.32 Å². The number of benzene rings is 1. The average molecular weight is 384 g/mol. The first-order valence-corrected chi connectivity index (χ1v) is 9.96. The van der Waals surface area contributed by atoms with Crippen LogP contribution in [-0.4, -0.2) is 70.5 Å². The van der Waals surface area contributed by atoms with Crippen molar-refractivity contribution >= 4 is 10.9 Å². The molecule has 1 saturated heterocycles. The van der Waals surface area contributed by atoms with Gasteiger partial charge in [0.25, 0.3) is 0 Å². The highest BCUT2D eigenvalue weighted by Gasteiger charge is 2.39. The van der Waals surface area contributed by atoms with Crippen LogP contribution in [0.15, 0.2) is 30.5 Å². The van der Waals surface area contributed by atoms with E-state index in [1.807, 2.05) is 4.68 Å². The molecule has 1 aromatic carbocycles. The maximum absolute atomic E-state index is 5.23. The summed E-state index contributed by atoms with van der Waals surface area (Å²) in [6, 6.07) is 8.45. The summed E-state index contributed by atoms with van der Waals surface area (Å²) in [7, 11) is 3.87. The molecule has 0 atom stereocenters. The molecule has 8 heteroatoms. The fourth-order valence-electron chi connectivity index (χ4n) is 4.13. The summed E-state index contributed by atoms with van der Waals surface area (Å²) in [4.78, 5) is 5.73. The standard InChI is InChI=1S/C20H29N7O/c1-26-11-8-20(9-12-26,19-23-24-25-27(19)13-14-28-2)22-10-7-16-15-21-18-6-4-3-5-17(16)18/h3-6,15,21-22H,7-14H2,1-2H3. The summed E-state index contributed by atoms with van der Waals surface area (Å²) in [6.45, 7) is 4.20. The van der Waals surface area contributed by atoms with Crippen LogP contribution >= 0.6 is 0 Å². The quantitative estimate of drug-likeness (QED) is 0.614. The van der Waals surface area contributed by atoms with Gasteiger partial charge < -0.3 is 19.9 Å². The molecule has 4 rings (SSSR count). The lowest BCUT2D eigenvalue weighted by Gasteiger charge is -2.40. The van der Waals surface area contributed by atoms with Gasteiger partial charge in [-0.3, -0.25) is 0 Å². The van der Waals surface area contributed by atoms with Gasteiger partial charge in [0.1, 0.15) is 0 Å². The molecule has 0 spiro atoms. The van der Waals surface area contributed by atoms with Crippen LogP contribution in [-0.2, 0) is 23.2 Å².